The number of methoxy groups -OCH3 is 1. The van der Waals surface area contributed by atoms with Crippen LogP contribution >= 0.6 is 11.8 Å². The number of benzene rings is 2. The molecule has 2 N–H and O–H groups in total. The van der Waals surface area contributed by atoms with E-state index < -0.39 is 59.1 Å². The number of para-hydroxylation sites is 2. The van der Waals surface area contributed by atoms with E-state index in [1.807, 2.05) is 25.1 Å². The van der Waals surface area contributed by atoms with Crippen molar-refractivity contribution in [2.45, 2.75) is 120 Å². The van der Waals surface area contributed by atoms with E-state index in [2.05, 4.69) is 10.6 Å². The lowest BCUT2D eigenvalue weighted by Gasteiger charge is -2.42. The van der Waals surface area contributed by atoms with E-state index >= 15 is 0 Å². The van der Waals surface area contributed by atoms with Gasteiger partial charge in [-0.25, -0.2) is 4.39 Å². The van der Waals surface area contributed by atoms with Gasteiger partial charge in [0.25, 0.3) is 0 Å². The highest BCUT2D eigenvalue weighted by Crippen LogP contribution is 2.40. The SMILES string of the molecule is CCCC[C@@H](CC[C@H](Cc1ccc(F)cc1)C(=O)N[C@H]1CCS[C@H]2CCC[C@@H](C(F)(F)F)N2C1=O)C(=O)N[C@H]1CCCCN(c2ccccc2OC)C1=O. The summed E-state index contributed by atoms with van der Waals surface area (Å²) >= 11 is 1.32. The van der Waals surface area contributed by atoms with Crippen LogP contribution in [0.3, 0.4) is 0 Å². The Balaban J connectivity index is 1.32. The molecule has 4 amide bonds. The van der Waals surface area contributed by atoms with E-state index in [0.29, 0.717) is 61.4 Å². The van der Waals surface area contributed by atoms with Crippen molar-refractivity contribution in [1.82, 2.24) is 15.5 Å². The number of rotatable bonds is 14. The summed E-state index contributed by atoms with van der Waals surface area (Å²) in [4.78, 5) is 58.2. The lowest BCUT2D eigenvalue weighted by Crippen LogP contribution is -2.59. The summed E-state index contributed by atoms with van der Waals surface area (Å²) < 4.78 is 61.6. The van der Waals surface area contributed by atoms with E-state index in [9.17, 15) is 36.7 Å². The summed E-state index contributed by atoms with van der Waals surface area (Å²) in [5, 5.41) is 5.23. The highest BCUT2D eigenvalue weighted by molar-refractivity contribution is 7.99. The molecule has 0 aromatic heterocycles. The van der Waals surface area contributed by atoms with Gasteiger partial charge in [-0.2, -0.15) is 13.2 Å². The lowest BCUT2D eigenvalue weighted by atomic mass is 9.87. The molecule has 2 aromatic rings. The number of thioether (sulfide) groups is 1. The van der Waals surface area contributed by atoms with Crippen molar-refractivity contribution in [3.05, 3.63) is 59.9 Å². The molecule has 3 fully saturated rings. The molecule has 0 aliphatic carbocycles. The topological polar surface area (TPSA) is 108 Å². The summed E-state index contributed by atoms with van der Waals surface area (Å²) in [7, 11) is 1.54. The smallest absolute Gasteiger partial charge is 0.408 e. The summed E-state index contributed by atoms with van der Waals surface area (Å²) in [5.74, 6) is -2.47. The first-order valence-electron chi connectivity index (χ1n) is 19.2. The monoisotopic (exact) mass is 776 g/mol. The molecule has 0 saturated carbocycles. The van der Waals surface area contributed by atoms with Gasteiger partial charge in [0.2, 0.25) is 23.6 Å². The highest BCUT2D eigenvalue weighted by Gasteiger charge is 2.51. The third-order valence-electron chi connectivity index (χ3n) is 10.8. The van der Waals surface area contributed by atoms with Crippen LogP contribution in [0, 0.1) is 17.7 Å². The molecule has 14 heteroatoms. The minimum atomic E-state index is -4.58. The predicted octanol–water partition coefficient (Wildman–Crippen LogP) is 7.17. The zero-order chi connectivity index (χ0) is 38.8. The third-order valence-corrected chi connectivity index (χ3v) is 12.1. The number of nitrogens with zero attached hydrogens (tertiary/aromatic N) is 2. The van der Waals surface area contributed by atoms with Crippen LogP contribution in [-0.4, -0.2) is 77.6 Å². The Morgan fingerprint density at radius 1 is 0.870 bits per heavy atom. The standard InChI is InChI=1S/C40H52F4N4O5S/c1-3-4-10-27(36(49)45-30-11-7-8-23-47(38(30)51)32-12-5-6-13-33(32)53-2)18-19-28(25-26-16-20-29(41)21-17-26)37(50)46-31-22-24-54-35-15-9-14-34(40(42,43)44)48(35)39(31)52/h5-6,12-13,16-17,20-21,27-28,30-31,34-35H,3-4,7-11,14-15,18-19,22-25H2,1-2H3,(H,45,49)(H,46,50)/t27-,28+,30-,31-,34-,35-/m0/s1. The van der Waals surface area contributed by atoms with Crippen LogP contribution in [0.25, 0.3) is 0 Å². The number of hydrogen-bond donors (Lipinski definition) is 2. The normalized spacial score (nSPS) is 23.4. The minimum Gasteiger partial charge on any atom is -0.495 e. The van der Waals surface area contributed by atoms with Crippen LogP contribution in [-0.2, 0) is 25.6 Å². The zero-order valence-corrected chi connectivity index (χ0v) is 31.9. The molecule has 9 nitrogen and oxygen atoms in total. The first-order chi connectivity index (χ1) is 25.9. The summed E-state index contributed by atoms with van der Waals surface area (Å²) in [6, 6.07) is 9.22. The van der Waals surface area contributed by atoms with Crippen LogP contribution < -0.4 is 20.3 Å². The average molecular weight is 777 g/mol. The molecular formula is C40H52F4N4O5S. The molecular weight excluding hydrogens is 725 g/mol. The molecule has 0 radical (unpaired) electrons. The fourth-order valence-electron chi connectivity index (χ4n) is 7.84. The maximum absolute atomic E-state index is 14.1. The predicted molar refractivity (Wildman–Crippen MR) is 200 cm³/mol. The zero-order valence-electron chi connectivity index (χ0n) is 31.0. The van der Waals surface area contributed by atoms with Crippen molar-refractivity contribution in [1.29, 1.82) is 0 Å². The number of unbranched alkanes of at least 4 members (excludes halogenated alkanes) is 1. The number of halogens is 4. The van der Waals surface area contributed by atoms with Crippen LogP contribution in [0.4, 0.5) is 23.2 Å². The fourth-order valence-corrected chi connectivity index (χ4v) is 9.23. The molecule has 3 aliphatic heterocycles. The van der Waals surface area contributed by atoms with Crippen LogP contribution in [0.5, 0.6) is 5.75 Å². The number of hydrogen-bond acceptors (Lipinski definition) is 6. The average Bonchev–Trinajstić information content (AvgIpc) is 3.43. The quantitative estimate of drug-likeness (QED) is 0.197. The lowest BCUT2D eigenvalue weighted by molar-refractivity contribution is -0.198. The molecule has 0 spiro atoms. The largest absolute Gasteiger partial charge is 0.495 e. The van der Waals surface area contributed by atoms with Crippen molar-refractivity contribution in [2.24, 2.45) is 11.8 Å². The Kier molecular flexibility index (Phi) is 14.7. The van der Waals surface area contributed by atoms with Gasteiger partial charge in [-0.1, -0.05) is 44.0 Å². The van der Waals surface area contributed by atoms with Crippen molar-refractivity contribution in [3.8, 4) is 5.75 Å². The Morgan fingerprint density at radius 2 is 1.56 bits per heavy atom. The summed E-state index contributed by atoms with van der Waals surface area (Å²) in [5.41, 5.74) is 1.31. The fraction of sp³-hybridized carbons (Fsp3) is 0.600. The van der Waals surface area contributed by atoms with Crippen LogP contribution in [0.2, 0.25) is 0 Å². The number of nitrogens with one attached hydrogen (secondary N) is 2. The molecule has 6 atom stereocenters. The molecule has 2 aromatic carbocycles. The van der Waals surface area contributed by atoms with Crippen molar-refractivity contribution in [3.63, 3.8) is 0 Å². The van der Waals surface area contributed by atoms with E-state index in [4.69, 9.17) is 4.74 Å². The van der Waals surface area contributed by atoms with Crippen LogP contribution in [0.15, 0.2) is 48.5 Å². The van der Waals surface area contributed by atoms with Gasteiger partial charge in [0, 0.05) is 18.4 Å². The van der Waals surface area contributed by atoms with E-state index in [-0.39, 0.29) is 37.5 Å². The van der Waals surface area contributed by atoms with E-state index in [1.165, 1.54) is 23.9 Å². The van der Waals surface area contributed by atoms with Crippen molar-refractivity contribution in [2.75, 3.05) is 24.3 Å². The van der Waals surface area contributed by atoms with Gasteiger partial charge in [0.1, 0.15) is 29.7 Å². The molecule has 0 unspecified atom stereocenters. The van der Waals surface area contributed by atoms with Crippen LogP contribution in [0.1, 0.15) is 89.5 Å². The second kappa shape index (κ2) is 19.2. The van der Waals surface area contributed by atoms with Crippen molar-refractivity contribution >= 4 is 41.1 Å². The van der Waals surface area contributed by atoms with E-state index in [0.717, 1.165) is 30.6 Å². The second-order valence-corrected chi connectivity index (χ2v) is 15.9. The molecule has 3 heterocycles. The number of alkyl halides is 3. The number of carbonyl (C=O) groups excluding carboxylic acids is 4. The van der Waals surface area contributed by atoms with Gasteiger partial charge in [-0.05, 0) is 106 Å². The highest BCUT2D eigenvalue weighted by atomic mass is 32.2. The van der Waals surface area contributed by atoms with E-state index in [1.54, 1.807) is 30.2 Å². The number of carbonyl (C=O) groups is 4. The van der Waals surface area contributed by atoms with Gasteiger partial charge in [-0.15, -0.1) is 11.8 Å². The molecule has 0 bridgehead atoms. The Morgan fingerprint density at radius 3 is 2.26 bits per heavy atom. The maximum atomic E-state index is 14.1. The van der Waals surface area contributed by atoms with Gasteiger partial charge < -0.3 is 25.2 Å². The number of fused-ring (bicyclic) bond motifs is 1. The van der Waals surface area contributed by atoms with Gasteiger partial charge in [-0.3, -0.25) is 19.2 Å². The minimum absolute atomic E-state index is 0.174. The van der Waals surface area contributed by atoms with Gasteiger partial charge in [0.15, 0.2) is 0 Å². The second-order valence-electron chi connectivity index (χ2n) is 14.6. The Hall–Kier alpha value is -3.81. The summed E-state index contributed by atoms with van der Waals surface area (Å²) in [6.45, 7) is 2.50. The number of anilines is 1. The number of amides is 4. The van der Waals surface area contributed by atoms with Gasteiger partial charge in [0.05, 0.1) is 18.2 Å². The van der Waals surface area contributed by atoms with Crippen molar-refractivity contribution < 1.29 is 41.5 Å². The number of ether oxygens (including phenoxy) is 1. The molecule has 3 aliphatic rings. The Bertz CT molecular complexity index is 1590. The molecule has 3 saturated heterocycles. The number of piperidine rings is 1. The van der Waals surface area contributed by atoms with Gasteiger partial charge >= 0.3 is 6.18 Å². The molecule has 296 valence electrons. The Labute approximate surface area is 319 Å². The maximum Gasteiger partial charge on any atom is 0.408 e. The summed E-state index contributed by atoms with van der Waals surface area (Å²) in [6.07, 6.45) is 1.02. The third kappa shape index (κ3) is 10.5. The molecule has 5 rings (SSSR count). The first-order valence-corrected chi connectivity index (χ1v) is 20.3. The first kappa shape index (κ1) is 41.4. The molecule has 54 heavy (non-hydrogen) atoms.